The van der Waals surface area contributed by atoms with Gasteiger partial charge < -0.3 is 9.72 Å². The zero-order valence-corrected chi connectivity index (χ0v) is 13.7. The van der Waals surface area contributed by atoms with E-state index in [4.69, 9.17) is 4.74 Å². The van der Waals surface area contributed by atoms with Crippen molar-refractivity contribution >= 4 is 10.9 Å². The van der Waals surface area contributed by atoms with Gasteiger partial charge in [-0.3, -0.25) is 0 Å². The van der Waals surface area contributed by atoms with Crippen molar-refractivity contribution in [1.29, 1.82) is 0 Å². The second-order valence-electron chi connectivity index (χ2n) is 6.23. The molecule has 2 nitrogen and oxygen atoms in total. The molecule has 0 radical (unpaired) electrons. The molecule has 0 aliphatic heterocycles. The number of aromatic nitrogens is 1. The van der Waals surface area contributed by atoms with Crippen molar-refractivity contribution in [3.63, 3.8) is 0 Å². The minimum Gasteiger partial charge on any atom is -0.489 e. The summed E-state index contributed by atoms with van der Waals surface area (Å²) in [4.78, 5) is 3.36. The van der Waals surface area contributed by atoms with Crippen molar-refractivity contribution in [2.75, 3.05) is 6.61 Å². The molecule has 0 bridgehead atoms. The van der Waals surface area contributed by atoms with Crippen LogP contribution in [0.25, 0.3) is 10.9 Å². The summed E-state index contributed by atoms with van der Waals surface area (Å²) in [7, 11) is 0. The molecular formula is C22H21NO. The van der Waals surface area contributed by atoms with Crippen LogP contribution in [0.4, 0.5) is 0 Å². The molecule has 24 heavy (non-hydrogen) atoms. The van der Waals surface area contributed by atoms with Crippen LogP contribution < -0.4 is 4.74 Å². The van der Waals surface area contributed by atoms with E-state index < -0.39 is 0 Å². The SMILES string of the molecule is C1=CC(COc2ccc3[nH]cc(Cc4ccccc4)c3c2)=CCC1. The van der Waals surface area contributed by atoms with Crippen molar-refractivity contribution in [2.45, 2.75) is 19.3 Å². The lowest BCUT2D eigenvalue weighted by molar-refractivity contribution is 0.355. The van der Waals surface area contributed by atoms with E-state index >= 15 is 0 Å². The standard InChI is InChI=1S/C22H21NO/c1-3-7-17(8-4-1)13-19-15-23-22-12-11-20(14-21(19)22)24-16-18-9-5-2-6-10-18/h1,3-5,7-12,14-15,23H,2,6,13,16H2. The molecule has 2 heteroatoms. The summed E-state index contributed by atoms with van der Waals surface area (Å²) in [5.41, 5.74) is 5.05. The van der Waals surface area contributed by atoms with Gasteiger partial charge in [0.1, 0.15) is 12.4 Å². The minimum absolute atomic E-state index is 0.639. The van der Waals surface area contributed by atoms with E-state index in [1.807, 2.05) is 6.07 Å². The summed E-state index contributed by atoms with van der Waals surface area (Å²) in [6.07, 6.45) is 11.9. The maximum absolute atomic E-state index is 5.99. The fraction of sp³-hybridized carbons (Fsp3) is 0.182. The third kappa shape index (κ3) is 3.28. The predicted octanol–water partition coefficient (Wildman–Crippen LogP) is 5.41. The van der Waals surface area contributed by atoms with E-state index in [-0.39, 0.29) is 0 Å². The highest BCUT2D eigenvalue weighted by Crippen LogP contribution is 2.26. The van der Waals surface area contributed by atoms with Gasteiger partial charge in [-0.15, -0.1) is 0 Å². The monoisotopic (exact) mass is 315 g/mol. The fourth-order valence-corrected chi connectivity index (χ4v) is 3.15. The Morgan fingerprint density at radius 3 is 2.75 bits per heavy atom. The van der Waals surface area contributed by atoms with Crippen LogP contribution >= 0.6 is 0 Å². The van der Waals surface area contributed by atoms with E-state index in [0.29, 0.717) is 6.61 Å². The molecular weight excluding hydrogens is 294 g/mol. The average molecular weight is 315 g/mol. The number of hydrogen-bond acceptors (Lipinski definition) is 1. The lowest BCUT2D eigenvalue weighted by atomic mass is 10.0. The lowest BCUT2D eigenvalue weighted by Gasteiger charge is -2.10. The quantitative estimate of drug-likeness (QED) is 0.668. The third-order valence-electron chi connectivity index (χ3n) is 4.45. The molecule has 0 atom stereocenters. The second-order valence-corrected chi connectivity index (χ2v) is 6.23. The molecule has 1 N–H and O–H groups in total. The molecule has 1 aromatic heterocycles. The minimum atomic E-state index is 0.639. The Bertz CT molecular complexity index is 887. The number of H-pyrrole nitrogens is 1. The molecule has 1 aliphatic carbocycles. The third-order valence-corrected chi connectivity index (χ3v) is 4.45. The lowest BCUT2D eigenvalue weighted by Crippen LogP contribution is -2.01. The van der Waals surface area contributed by atoms with Crippen molar-refractivity contribution in [1.82, 2.24) is 4.98 Å². The van der Waals surface area contributed by atoms with Crippen LogP contribution in [0.5, 0.6) is 5.75 Å². The van der Waals surface area contributed by atoms with Crippen molar-refractivity contribution < 1.29 is 4.74 Å². The van der Waals surface area contributed by atoms with Crippen LogP contribution in [0.15, 0.2) is 78.5 Å². The molecule has 4 rings (SSSR count). The molecule has 2 aromatic carbocycles. The van der Waals surface area contributed by atoms with Crippen LogP contribution in [0.2, 0.25) is 0 Å². The zero-order chi connectivity index (χ0) is 16.2. The summed E-state index contributed by atoms with van der Waals surface area (Å²) >= 11 is 0. The fourth-order valence-electron chi connectivity index (χ4n) is 3.15. The highest BCUT2D eigenvalue weighted by Gasteiger charge is 2.07. The number of aromatic amines is 1. The Morgan fingerprint density at radius 1 is 1.00 bits per heavy atom. The van der Waals surface area contributed by atoms with Crippen molar-refractivity contribution in [3.8, 4) is 5.75 Å². The first-order valence-corrected chi connectivity index (χ1v) is 8.51. The molecule has 1 aliphatic rings. The Balaban J connectivity index is 1.54. The van der Waals surface area contributed by atoms with E-state index in [1.165, 1.54) is 22.1 Å². The Hall–Kier alpha value is -2.74. The normalized spacial score (nSPS) is 13.9. The maximum Gasteiger partial charge on any atom is 0.120 e. The summed E-state index contributed by atoms with van der Waals surface area (Å²) in [5, 5.41) is 1.24. The van der Waals surface area contributed by atoms with Crippen LogP contribution in [-0.4, -0.2) is 11.6 Å². The highest BCUT2D eigenvalue weighted by atomic mass is 16.5. The number of nitrogens with one attached hydrogen (secondary N) is 1. The summed E-state index contributed by atoms with van der Waals surface area (Å²) in [6.45, 7) is 0.639. The van der Waals surface area contributed by atoms with Crippen LogP contribution in [0, 0.1) is 0 Å². The Labute approximate surface area is 142 Å². The number of hydrogen-bond donors (Lipinski definition) is 1. The van der Waals surface area contributed by atoms with Gasteiger partial charge in [0.15, 0.2) is 0 Å². The first kappa shape index (κ1) is 14.8. The largest absolute Gasteiger partial charge is 0.489 e. The molecule has 0 saturated carbocycles. The smallest absolute Gasteiger partial charge is 0.120 e. The van der Waals surface area contributed by atoms with Crippen molar-refractivity contribution in [2.24, 2.45) is 0 Å². The van der Waals surface area contributed by atoms with E-state index in [1.54, 1.807) is 0 Å². The van der Waals surface area contributed by atoms with Gasteiger partial charge in [-0.05, 0) is 54.2 Å². The van der Waals surface area contributed by atoms with Crippen LogP contribution in [-0.2, 0) is 6.42 Å². The topological polar surface area (TPSA) is 25.0 Å². The first-order valence-electron chi connectivity index (χ1n) is 8.51. The van der Waals surface area contributed by atoms with Gasteiger partial charge in [-0.2, -0.15) is 0 Å². The molecule has 0 spiro atoms. The number of fused-ring (bicyclic) bond motifs is 1. The van der Waals surface area contributed by atoms with E-state index in [0.717, 1.165) is 30.5 Å². The number of ether oxygens (including phenoxy) is 1. The molecule has 120 valence electrons. The van der Waals surface area contributed by atoms with Gasteiger partial charge >= 0.3 is 0 Å². The van der Waals surface area contributed by atoms with Crippen LogP contribution in [0.1, 0.15) is 24.0 Å². The van der Waals surface area contributed by atoms with E-state index in [2.05, 4.69) is 71.9 Å². The van der Waals surface area contributed by atoms with Gasteiger partial charge in [0.25, 0.3) is 0 Å². The van der Waals surface area contributed by atoms with Crippen molar-refractivity contribution in [3.05, 3.63) is 89.7 Å². The predicted molar refractivity (Wildman–Crippen MR) is 99.5 cm³/mol. The highest BCUT2D eigenvalue weighted by molar-refractivity contribution is 5.85. The van der Waals surface area contributed by atoms with Gasteiger partial charge in [-0.25, -0.2) is 0 Å². The number of allylic oxidation sites excluding steroid dienone is 2. The van der Waals surface area contributed by atoms with Gasteiger partial charge in [0.05, 0.1) is 0 Å². The second kappa shape index (κ2) is 6.79. The molecule has 1 heterocycles. The maximum atomic E-state index is 5.99. The first-order chi connectivity index (χ1) is 11.9. The van der Waals surface area contributed by atoms with Gasteiger partial charge in [-0.1, -0.05) is 48.6 Å². The summed E-state index contributed by atoms with van der Waals surface area (Å²) in [6, 6.07) is 16.9. The van der Waals surface area contributed by atoms with Gasteiger partial charge in [0.2, 0.25) is 0 Å². The molecule has 3 aromatic rings. The average Bonchev–Trinajstić information content (AvgIpc) is 3.04. The molecule has 0 saturated heterocycles. The molecule has 0 fully saturated rings. The molecule has 0 unspecified atom stereocenters. The van der Waals surface area contributed by atoms with Gasteiger partial charge in [0, 0.05) is 17.1 Å². The number of benzene rings is 2. The van der Waals surface area contributed by atoms with Crippen LogP contribution in [0.3, 0.4) is 0 Å². The summed E-state index contributed by atoms with van der Waals surface area (Å²) in [5.74, 6) is 0.927. The zero-order valence-electron chi connectivity index (χ0n) is 13.7. The van der Waals surface area contributed by atoms with E-state index in [9.17, 15) is 0 Å². The Morgan fingerprint density at radius 2 is 1.92 bits per heavy atom. The Kier molecular flexibility index (Phi) is 4.20. The summed E-state index contributed by atoms with van der Waals surface area (Å²) < 4.78 is 5.99. The number of rotatable bonds is 5. The molecule has 0 amide bonds.